The summed E-state index contributed by atoms with van der Waals surface area (Å²) in [7, 11) is -3.49. The second-order valence-corrected chi connectivity index (χ2v) is 11.0. The van der Waals surface area contributed by atoms with Gasteiger partial charge >= 0.3 is 0 Å². The standard InChI is InChI=1S/C23H25N3O3S2/c1-17-7-9-19(10-8-17)31(28,29)14-12-22(27)25-23-24-20-11-13-26(16-21(20)30-23)15-18-5-3-2-4-6-18/h2-10H,11-16H2,1H3,(H,24,25,27). The number of carbonyl (C=O) groups is 1. The van der Waals surface area contributed by atoms with E-state index in [4.69, 9.17) is 0 Å². The second kappa shape index (κ2) is 9.30. The summed E-state index contributed by atoms with van der Waals surface area (Å²) < 4.78 is 24.9. The summed E-state index contributed by atoms with van der Waals surface area (Å²) in [5.41, 5.74) is 3.29. The molecule has 1 amide bonds. The maximum absolute atomic E-state index is 12.4. The molecule has 1 aliphatic heterocycles. The van der Waals surface area contributed by atoms with E-state index >= 15 is 0 Å². The Hall–Kier alpha value is -2.55. The van der Waals surface area contributed by atoms with Gasteiger partial charge in [-0.15, -0.1) is 11.3 Å². The number of anilines is 1. The molecule has 2 heterocycles. The van der Waals surface area contributed by atoms with Crippen molar-refractivity contribution >= 4 is 32.2 Å². The van der Waals surface area contributed by atoms with Crippen LogP contribution in [0.5, 0.6) is 0 Å². The molecule has 0 atom stereocenters. The number of aromatic nitrogens is 1. The van der Waals surface area contributed by atoms with Crippen molar-refractivity contribution in [3.8, 4) is 0 Å². The first-order chi connectivity index (χ1) is 14.9. The zero-order valence-corrected chi connectivity index (χ0v) is 19.0. The first-order valence-electron chi connectivity index (χ1n) is 10.2. The molecule has 1 aromatic heterocycles. The van der Waals surface area contributed by atoms with Crippen LogP contribution < -0.4 is 5.32 Å². The summed E-state index contributed by atoms with van der Waals surface area (Å²) in [5, 5.41) is 3.33. The molecule has 8 heteroatoms. The Labute approximate surface area is 186 Å². The summed E-state index contributed by atoms with van der Waals surface area (Å²) in [5.74, 6) is -0.555. The Balaban J connectivity index is 1.32. The van der Waals surface area contributed by atoms with Crippen molar-refractivity contribution in [1.82, 2.24) is 9.88 Å². The normalized spacial score (nSPS) is 14.2. The minimum atomic E-state index is -3.49. The lowest BCUT2D eigenvalue weighted by atomic mass is 10.1. The highest BCUT2D eigenvalue weighted by molar-refractivity contribution is 7.91. The van der Waals surface area contributed by atoms with E-state index in [9.17, 15) is 13.2 Å². The first-order valence-corrected chi connectivity index (χ1v) is 12.7. The Morgan fingerprint density at radius 2 is 1.87 bits per heavy atom. The van der Waals surface area contributed by atoms with Gasteiger partial charge in [0.05, 0.1) is 16.3 Å². The lowest BCUT2D eigenvalue weighted by Crippen LogP contribution is -2.29. The number of sulfone groups is 1. The molecule has 0 saturated carbocycles. The van der Waals surface area contributed by atoms with Gasteiger partial charge in [-0.05, 0) is 24.6 Å². The molecule has 0 spiro atoms. The van der Waals surface area contributed by atoms with Crippen molar-refractivity contribution in [3.63, 3.8) is 0 Å². The van der Waals surface area contributed by atoms with Crippen molar-refractivity contribution in [2.24, 2.45) is 0 Å². The van der Waals surface area contributed by atoms with Crippen molar-refractivity contribution in [2.75, 3.05) is 17.6 Å². The monoisotopic (exact) mass is 455 g/mol. The molecule has 0 fully saturated rings. The average molecular weight is 456 g/mol. The molecule has 2 aromatic carbocycles. The Morgan fingerprint density at radius 1 is 1.13 bits per heavy atom. The van der Waals surface area contributed by atoms with Crippen molar-refractivity contribution < 1.29 is 13.2 Å². The fourth-order valence-corrected chi connectivity index (χ4v) is 5.86. The highest BCUT2D eigenvalue weighted by atomic mass is 32.2. The van der Waals surface area contributed by atoms with Gasteiger partial charge in [0.25, 0.3) is 0 Å². The Morgan fingerprint density at radius 3 is 2.61 bits per heavy atom. The summed E-state index contributed by atoms with van der Waals surface area (Å²) in [6.07, 6.45) is 0.747. The van der Waals surface area contributed by atoms with Gasteiger partial charge in [-0.2, -0.15) is 0 Å². The number of benzene rings is 2. The number of hydrogen-bond donors (Lipinski definition) is 1. The van der Waals surface area contributed by atoms with Gasteiger partial charge in [0.15, 0.2) is 15.0 Å². The molecule has 4 rings (SSSR count). The van der Waals surface area contributed by atoms with E-state index in [0.717, 1.165) is 42.2 Å². The zero-order valence-electron chi connectivity index (χ0n) is 17.4. The van der Waals surface area contributed by atoms with Crippen molar-refractivity contribution in [3.05, 3.63) is 76.3 Å². The number of fused-ring (bicyclic) bond motifs is 1. The lowest BCUT2D eigenvalue weighted by Gasteiger charge is -2.25. The van der Waals surface area contributed by atoms with Crippen molar-refractivity contribution in [1.29, 1.82) is 0 Å². The molecule has 31 heavy (non-hydrogen) atoms. The van der Waals surface area contributed by atoms with Crippen LogP contribution in [-0.2, 0) is 34.1 Å². The van der Waals surface area contributed by atoms with Crippen LogP contribution in [0.3, 0.4) is 0 Å². The molecule has 1 aliphatic rings. The average Bonchev–Trinajstić information content (AvgIpc) is 3.15. The van der Waals surface area contributed by atoms with E-state index in [1.807, 2.05) is 25.1 Å². The highest BCUT2D eigenvalue weighted by Crippen LogP contribution is 2.29. The Kier molecular flexibility index (Phi) is 6.50. The smallest absolute Gasteiger partial charge is 0.227 e. The number of hydrogen-bond acceptors (Lipinski definition) is 6. The molecule has 0 bridgehead atoms. The lowest BCUT2D eigenvalue weighted by molar-refractivity contribution is -0.115. The number of aryl methyl sites for hydroxylation is 1. The van der Waals surface area contributed by atoms with Crippen LogP contribution in [0.2, 0.25) is 0 Å². The number of thiazole rings is 1. The van der Waals surface area contributed by atoms with Crippen LogP contribution in [0.25, 0.3) is 0 Å². The zero-order chi connectivity index (χ0) is 21.8. The number of nitrogens with one attached hydrogen (secondary N) is 1. The molecule has 6 nitrogen and oxygen atoms in total. The SMILES string of the molecule is Cc1ccc(S(=O)(=O)CCC(=O)Nc2nc3c(s2)CN(Cc2ccccc2)CC3)cc1. The molecular formula is C23H25N3O3S2. The van der Waals surface area contributed by atoms with Gasteiger partial charge < -0.3 is 5.32 Å². The van der Waals surface area contributed by atoms with Gasteiger partial charge in [-0.3, -0.25) is 9.69 Å². The minimum absolute atomic E-state index is 0.0966. The molecule has 0 unspecified atom stereocenters. The van der Waals surface area contributed by atoms with Gasteiger partial charge in [0.2, 0.25) is 5.91 Å². The van der Waals surface area contributed by atoms with Gasteiger partial charge in [-0.25, -0.2) is 13.4 Å². The summed E-state index contributed by atoms with van der Waals surface area (Å²) in [4.78, 5) is 20.7. The highest BCUT2D eigenvalue weighted by Gasteiger charge is 2.22. The molecular weight excluding hydrogens is 430 g/mol. The molecule has 162 valence electrons. The fraction of sp³-hybridized carbons (Fsp3) is 0.304. The molecule has 0 saturated heterocycles. The van der Waals surface area contributed by atoms with E-state index in [1.165, 1.54) is 16.9 Å². The van der Waals surface area contributed by atoms with Crippen LogP contribution in [0.1, 0.15) is 28.1 Å². The van der Waals surface area contributed by atoms with Crippen LogP contribution >= 0.6 is 11.3 Å². The Bertz CT molecular complexity index is 1160. The molecule has 1 N–H and O–H groups in total. The van der Waals surface area contributed by atoms with E-state index in [-0.39, 0.29) is 23.0 Å². The summed E-state index contributed by atoms with van der Waals surface area (Å²) in [6, 6.07) is 17.0. The first kappa shape index (κ1) is 21.7. The third-order valence-electron chi connectivity index (χ3n) is 5.28. The van der Waals surface area contributed by atoms with Crippen LogP contribution in [0, 0.1) is 6.92 Å². The van der Waals surface area contributed by atoms with Crippen LogP contribution in [0.4, 0.5) is 5.13 Å². The number of amides is 1. The second-order valence-electron chi connectivity index (χ2n) is 7.77. The van der Waals surface area contributed by atoms with Gasteiger partial charge in [-0.1, -0.05) is 48.0 Å². The summed E-state index contributed by atoms with van der Waals surface area (Å²) in [6.45, 7) is 4.52. The predicted octanol–water partition coefficient (Wildman–Crippen LogP) is 3.81. The number of nitrogens with zero attached hydrogens (tertiary/aromatic N) is 2. The molecule has 0 aliphatic carbocycles. The molecule has 3 aromatic rings. The maximum atomic E-state index is 12.4. The van der Waals surface area contributed by atoms with Gasteiger partial charge in [0, 0.05) is 37.4 Å². The topological polar surface area (TPSA) is 79.4 Å². The van der Waals surface area contributed by atoms with E-state index in [0.29, 0.717) is 5.13 Å². The quantitative estimate of drug-likeness (QED) is 0.586. The van der Waals surface area contributed by atoms with E-state index < -0.39 is 9.84 Å². The van der Waals surface area contributed by atoms with E-state index in [1.54, 1.807) is 24.3 Å². The largest absolute Gasteiger partial charge is 0.302 e. The number of carbonyl (C=O) groups excluding carboxylic acids is 1. The third kappa shape index (κ3) is 5.58. The van der Waals surface area contributed by atoms with Gasteiger partial charge in [0.1, 0.15) is 0 Å². The van der Waals surface area contributed by atoms with Crippen LogP contribution in [-0.4, -0.2) is 36.5 Å². The molecule has 0 radical (unpaired) electrons. The summed E-state index contributed by atoms with van der Waals surface area (Å²) >= 11 is 1.48. The minimum Gasteiger partial charge on any atom is -0.302 e. The third-order valence-corrected chi connectivity index (χ3v) is 8.01. The predicted molar refractivity (Wildman–Crippen MR) is 123 cm³/mol. The van der Waals surface area contributed by atoms with E-state index in [2.05, 4.69) is 27.3 Å². The maximum Gasteiger partial charge on any atom is 0.227 e. The van der Waals surface area contributed by atoms with Crippen molar-refractivity contribution in [2.45, 2.75) is 37.8 Å². The number of rotatable bonds is 7. The van der Waals surface area contributed by atoms with Crippen LogP contribution in [0.15, 0.2) is 59.5 Å². The fourth-order valence-electron chi connectivity index (χ4n) is 3.55.